The molecule has 0 bridgehead atoms. The highest BCUT2D eigenvalue weighted by molar-refractivity contribution is 5.94. The first-order chi connectivity index (χ1) is 8.24. The molecular weight excluding hydrogens is 216 g/mol. The number of hydrogen-bond acceptors (Lipinski definition) is 3. The van der Waals surface area contributed by atoms with Gasteiger partial charge in [-0.15, -0.1) is 0 Å². The second kappa shape index (κ2) is 4.02. The van der Waals surface area contributed by atoms with Gasteiger partial charge in [0.15, 0.2) is 0 Å². The third kappa shape index (κ3) is 2.40. The van der Waals surface area contributed by atoms with E-state index in [1.165, 1.54) is 44.1 Å². The van der Waals surface area contributed by atoms with Gasteiger partial charge in [0, 0.05) is 12.2 Å². The van der Waals surface area contributed by atoms with Gasteiger partial charge in [-0.05, 0) is 43.6 Å². The molecule has 2 aliphatic carbocycles. The smallest absolute Gasteiger partial charge is 0.253 e. The fourth-order valence-electron chi connectivity index (χ4n) is 2.32. The Hall–Kier alpha value is -1.58. The average Bonchev–Trinajstić information content (AvgIpc) is 3.16. The second-order valence-corrected chi connectivity index (χ2v) is 5.11. The number of pyridine rings is 1. The summed E-state index contributed by atoms with van der Waals surface area (Å²) in [5, 5.41) is 12.4. The van der Waals surface area contributed by atoms with Gasteiger partial charge in [-0.1, -0.05) is 0 Å². The molecule has 0 aromatic carbocycles. The minimum atomic E-state index is -0.114. The monoisotopic (exact) mass is 232 g/mol. The molecule has 0 atom stereocenters. The quantitative estimate of drug-likeness (QED) is 0.830. The molecule has 1 amide bonds. The molecule has 2 N–H and O–H groups in total. The van der Waals surface area contributed by atoms with E-state index in [1.54, 1.807) is 0 Å². The van der Waals surface area contributed by atoms with Crippen molar-refractivity contribution in [3.63, 3.8) is 0 Å². The number of amides is 1. The van der Waals surface area contributed by atoms with Crippen LogP contribution in [0.2, 0.25) is 0 Å². The number of carbonyl (C=O) groups excluding carboxylic acids is 1. The van der Waals surface area contributed by atoms with E-state index in [2.05, 4.69) is 10.3 Å². The van der Waals surface area contributed by atoms with Crippen molar-refractivity contribution in [2.75, 3.05) is 0 Å². The molecule has 0 radical (unpaired) electrons. The van der Waals surface area contributed by atoms with Crippen LogP contribution in [-0.4, -0.2) is 22.0 Å². The van der Waals surface area contributed by atoms with Crippen LogP contribution >= 0.6 is 0 Å². The zero-order chi connectivity index (χ0) is 11.8. The summed E-state index contributed by atoms with van der Waals surface area (Å²) >= 11 is 0. The first-order valence-corrected chi connectivity index (χ1v) is 6.19. The molecule has 1 aromatic rings. The van der Waals surface area contributed by atoms with E-state index in [4.69, 9.17) is 0 Å². The Bertz CT molecular complexity index is 427. The van der Waals surface area contributed by atoms with E-state index in [1.807, 2.05) is 0 Å². The maximum atomic E-state index is 12.0. The zero-order valence-corrected chi connectivity index (χ0v) is 9.60. The van der Waals surface area contributed by atoms with Crippen LogP contribution in [0.25, 0.3) is 0 Å². The molecule has 0 spiro atoms. The van der Waals surface area contributed by atoms with Crippen molar-refractivity contribution >= 4 is 5.91 Å². The van der Waals surface area contributed by atoms with Gasteiger partial charge in [-0.25, -0.2) is 0 Å². The van der Waals surface area contributed by atoms with E-state index in [0.29, 0.717) is 23.4 Å². The molecule has 3 rings (SSSR count). The lowest BCUT2D eigenvalue weighted by atomic mass is 10.1. The van der Waals surface area contributed by atoms with Crippen LogP contribution in [0.15, 0.2) is 18.5 Å². The lowest BCUT2D eigenvalue weighted by molar-refractivity contribution is 0.0925. The molecule has 0 unspecified atom stereocenters. The zero-order valence-electron chi connectivity index (χ0n) is 9.60. The number of aromatic hydroxyl groups is 1. The van der Waals surface area contributed by atoms with Crippen LogP contribution in [0, 0.1) is 11.8 Å². The van der Waals surface area contributed by atoms with Crippen LogP contribution < -0.4 is 5.32 Å². The predicted octanol–water partition coefficient (Wildman–Crippen LogP) is 1.71. The van der Waals surface area contributed by atoms with Crippen molar-refractivity contribution in [2.45, 2.75) is 31.7 Å². The number of nitrogens with zero attached hydrogens (tertiary/aromatic N) is 1. The van der Waals surface area contributed by atoms with Crippen molar-refractivity contribution in [3.05, 3.63) is 24.0 Å². The van der Waals surface area contributed by atoms with Gasteiger partial charge in [-0.3, -0.25) is 9.78 Å². The van der Waals surface area contributed by atoms with Crippen LogP contribution in [0.3, 0.4) is 0 Å². The maximum Gasteiger partial charge on any atom is 0.253 e. The number of rotatable bonds is 4. The van der Waals surface area contributed by atoms with Gasteiger partial charge in [0.1, 0.15) is 5.75 Å². The van der Waals surface area contributed by atoms with Gasteiger partial charge in [-0.2, -0.15) is 0 Å². The molecule has 0 saturated heterocycles. The Morgan fingerprint density at radius 3 is 2.47 bits per heavy atom. The normalized spacial score (nSPS) is 19.4. The first-order valence-electron chi connectivity index (χ1n) is 6.19. The Kier molecular flexibility index (Phi) is 2.50. The second-order valence-electron chi connectivity index (χ2n) is 5.11. The van der Waals surface area contributed by atoms with Crippen LogP contribution in [-0.2, 0) is 0 Å². The lowest BCUT2D eigenvalue weighted by Gasteiger charge is -2.17. The minimum Gasteiger partial charge on any atom is -0.506 e. The van der Waals surface area contributed by atoms with Crippen molar-refractivity contribution in [1.82, 2.24) is 10.3 Å². The number of nitrogens with one attached hydrogen (secondary N) is 1. The summed E-state index contributed by atoms with van der Waals surface area (Å²) < 4.78 is 0. The van der Waals surface area contributed by atoms with Crippen LogP contribution in [0.1, 0.15) is 36.0 Å². The largest absolute Gasteiger partial charge is 0.506 e. The van der Waals surface area contributed by atoms with Crippen molar-refractivity contribution < 1.29 is 9.90 Å². The third-order valence-electron chi connectivity index (χ3n) is 3.54. The van der Waals surface area contributed by atoms with Gasteiger partial charge in [0.05, 0.1) is 11.8 Å². The molecule has 1 heterocycles. The maximum absolute atomic E-state index is 12.0. The number of carbonyl (C=O) groups is 1. The summed E-state index contributed by atoms with van der Waals surface area (Å²) in [5.41, 5.74) is 0.441. The van der Waals surface area contributed by atoms with Crippen LogP contribution in [0.5, 0.6) is 5.75 Å². The highest BCUT2D eigenvalue weighted by Crippen LogP contribution is 2.44. The summed E-state index contributed by atoms with van der Waals surface area (Å²) in [7, 11) is 0. The molecule has 4 heteroatoms. The van der Waals surface area contributed by atoms with E-state index >= 15 is 0 Å². The fraction of sp³-hybridized carbons (Fsp3) is 0.538. The summed E-state index contributed by atoms with van der Waals surface area (Å²) in [6.07, 6.45) is 7.76. The van der Waals surface area contributed by atoms with Gasteiger partial charge in [0.2, 0.25) is 0 Å². The lowest BCUT2D eigenvalue weighted by Crippen LogP contribution is -2.38. The first kappa shape index (κ1) is 10.6. The Morgan fingerprint density at radius 2 is 1.94 bits per heavy atom. The predicted molar refractivity (Wildman–Crippen MR) is 62.6 cm³/mol. The summed E-state index contributed by atoms with van der Waals surface area (Å²) in [6.45, 7) is 0. The molecule has 2 aliphatic rings. The molecule has 1 aromatic heterocycles. The average molecular weight is 232 g/mol. The van der Waals surface area contributed by atoms with Gasteiger partial charge >= 0.3 is 0 Å². The Labute approximate surface area is 100 Å². The molecular formula is C13H16N2O2. The highest BCUT2D eigenvalue weighted by atomic mass is 16.3. The molecule has 0 aliphatic heterocycles. The van der Waals surface area contributed by atoms with Crippen molar-refractivity contribution in [1.29, 1.82) is 0 Å². The highest BCUT2D eigenvalue weighted by Gasteiger charge is 2.42. The SMILES string of the molecule is O=C(NC(C1CC1)C1CC1)c1cncc(O)c1. The number of aromatic nitrogens is 1. The standard InChI is InChI=1S/C13H16N2O2/c16-11-5-10(6-14-7-11)13(17)15-12(8-1-2-8)9-3-4-9/h5-9,12,16H,1-4H2,(H,15,17). The third-order valence-corrected chi connectivity index (χ3v) is 3.54. The summed E-state index contributed by atoms with van der Waals surface area (Å²) in [4.78, 5) is 15.8. The molecule has 17 heavy (non-hydrogen) atoms. The molecule has 2 saturated carbocycles. The minimum absolute atomic E-state index is 0.0343. The van der Waals surface area contributed by atoms with E-state index in [9.17, 15) is 9.90 Å². The van der Waals surface area contributed by atoms with E-state index in [-0.39, 0.29) is 11.7 Å². The van der Waals surface area contributed by atoms with E-state index in [0.717, 1.165) is 0 Å². The van der Waals surface area contributed by atoms with E-state index < -0.39 is 0 Å². The number of hydrogen-bond donors (Lipinski definition) is 2. The summed E-state index contributed by atoms with van der Waals surface area (Å²) in [6, 6.07) is 1.80. The fourth-order valence-corrected chi connectivity index (χ4v) is 2.32. The van der Waals surface area contributed by atoms with Crippen LogP contribution in [0.4, 0.5) is 0 Å². The molecule has 90 valence electrons. The van der Waals surface area contributed by atoms with Crippen molar-refractivity contribution in [3.8, 4) is 5.75 Å². The topological polar surface area (TPSA) is 62.2 Å². The molecule has 2 fully saturated rings. The van der Waals surface area contributed by atoms with Gasteiger partial charge in [0.25, 0.3) is 5.91 Å². The van der Waals surface area contributed by atoms with Crippen molar-refractivity contribution in [2.24, 2.45) is 11.8 Å². The Morgan fingerprint density at radius 1 is 1.29 bits per heavy atom. The summed E-state index contributed by atoms with van der Waals surface area (Å²) in [5.74, 6) is 1.28. The Balaban J connectivity index is 1.69. The molecule has 4 nitrogen and oxygen atoms in total. The van der Waals surface area contributed by atoms with Gasteiger partial charge < -0.3 is 10.4 Å².